The molecule has 1 saturated heterocycles. The molecule has 0 aromatic carbocycles. The molecular formula is C11H23NO3S. The summed E-state index contributed by atoms with van der Waals surface area (Å²) in [6, 6.07) is 0. The van der Waals surface area contributed by atoms with Crippen LogP contribution in [-0.4, -0.2) is 55.2 Å². The second-order valence-corrected chi connectivity index (χ2v) is 7.29. The first-order valence-corrected chi connectivity index (χ1v) is 7.82. The molecule has 1 fully saturated rings. The number of hydrogen-bond donors (Lipinski definition) is 1. The fraction of sp³-hybridized carbons (Fsp3) is 1.00. The Kier molecular flexibility index (Phi) is 4.76. The van der Waals surface area contributed by atoms with E-state index in [1.165, 1.54) is 0 Å². The summed E-state index contributed by atoms with van der Waals surface area (Å²) in [6.45, 7) is 5.94. The summed E-state index contributed by atoms with van der Waals surface area (Å²) in [4.78, 5) is 2.13. The summed E-state index contributed by atoms with van der Waals surface area (Å²) >= 11 is 0. The van der Waals surface area contributed by atoms with E-state index in [0.717, 1.165) is 25.9 Å². The van der Waals surface area contributed by atoms with Gasteiger partial charge in [0, 0.05) is 25.4 Å². The number of hydrogen-bond acceptors (Lipinski definition) is 4. The lowest BCUT2D eigenvalue weighted by molar-refractivity contribution is -0.00372. The highest BCUT2D eigenvalue weighted by molar-refractivity contribution is 7.91. The molecule has 0 aromatic rings. The van der Waals surface area contributed by atoms with Gasteiger partial charge in [-0.2, -0.15) is 0 Å². The Hall–Kier alpha value is -0.130. The molecule has 0 bridgehead atoms. The van der Waals surface area contributed by atoms with E-state index >= 15 is 0 Å². The van der Waals surface area contributed by atoms with E-state index in [-0.39, 0.29) is 5.75 Å². The fourth-order valence-electron chi connectivity index (χ4n) is 1.94. The summed E-state index contributed by atoms with van der Waals surface area (Å²) < 4.78 is 23.0. The highest BCUT2D eigenvalue weighted by Gasteiger charge is 2.27. The topological polar surface area (TPSA) is 57.6 Å². The Morgan fingerprint density at radius 1 is 1.25 bits per heavy atom. The Labute approximate surface area is 98.6 Å². The molecule has 0 radical (unpaired) electrons. The molecule has 1 heterocycles. The van der Waals surface area contributed by atoms with Crippen molar-refractivity contribution in [3.63, 3.8) is 0 Å². The molecule has 0 amide bonds. The third kappa shape index (κ3) is 4.80. The maximum atomic E-state index is 11.5. The van der Waals surface area contributed by atoms with Crippen molar-refractivity contribution in [3.8, 4) is 0 Å². The summed E-state index contributed by atoms with van der Waals surface area (Å²) in [6.07, 6.45) is 2.17. The zero-order valence-electron chi connectivity index (χ0n) is 10.3. The van der Waals surface area contributed by atoms with Crippen LogP contribution in [0.4, 0.5) is 0 Å². The maximum absolute atomic E-state index is 11.5. The van der Waals surface area contributed by atoms with Crippen LogP contribution in [0.15, 0.2) is 0 Å². The molecule has 1 aliphatic rings. The first-order chi connectivity index (χ1) is 7.35. The summed E-state index contributed by atoms with van der Waals surface area (Å²) in [5.41, 5.74) is -0.557. The zero-order chi connectivity index (χ0) is 12.2. The van der Waals surface area contributed by atoms with Gasteiger partial charge in [0.05, 0.1) is 11.4 Å². The van der Waals surface area contributed by atoms with Crippen LogP contribution < -0.4 is 0 Å². The van der Waals surface area contributed by atoms with Crippen LogP contribution in [0.25, 0.3) is 0 Å². The molecule has 0 aliphatic carbocycles. The number of nitrogens with zero attached hydrogens (tertiary/aromatic N) is 1. The Balaban J connectivity index is 2.30. The number of piperidine rings is 1. The molecular weight excluding hydrogens is 226 g/mol. The SMILES string of the molecule is CCCS(=O)(=O)CCN1CCC(C)(O)CC1. The molecule has 5 heteroatoms. The molecule has 1 N–H and O–H groups in total. The van der Waals surface area contributed by atoms with E-state index in [0.29, 0.717) is 18.7 Å². The molecule has 1 aliphatic heterocycles. The van der Waals surface area contributed by atoms with Crippen LogP contribution in [0.5, 0.6) is 0 Å². The van der Waals surface area contributed by atoms with E-state index in [4.69, 9.17) is 0 Å². The van der Waals surface area contributed by atoms with E-state index < -0.39 is 15.4 Å². The first-order valence-electron chi connectivity index (χ1n) is 6.00. The smallest absolute Gasteiger partial charge is 0.151 e. The van der Waals surface area contributed by atoms with Gasteiger partial charge in [0.1, 0.15) is 0 Å². The summed E-state index contributed by atoms with van der Waals surface area (Å²) in [5.74, 6) is 0.543. The van der Waals surface area contributed by atoms with Gasteiger partial charge in [0.15, 0.2) is 9.84 Å². The van der Waals surface area contributed by atoms with Crippen molar-refractivity contribution in [1.82, 2.24) is 4.90 Å². The second kappa shape index (κ2) is 5.47. The lowest BCUT2D eigenvalue weighted by Crippen LogP contribution is -2.44. The van der Waals surface area contributed by atoms with Gasteiger partial charge in [-0.05, 0) is 26.2 Å². The zero-order valence-corrected chi connectivity index (χ0v) is 11.1. The lowest BCUT2D eigenvalue weighted by Gasteiger charge is -2.35. The van der Waals surface area contributed by atoms with Crippen LogP contribution in [-0.2, 0) is 9.84 Å². The van der Waals surface area contributed by atoms with Crippen LogP contribution >= 0.6 is 0 Å². The predicted molar refractivity (Wildman–Crippen MR) is 65.2 cm³/mol. The molecule has 96 valence electrons. The van der Waals surface area contributed by atoms with Crippen LogP contribution in [0, 0.1) is 0 Å². The van der Waals surface area contributed by atoms with Crippen molar-refractivity contribution < 1.29 is 13.5 Å². The fourth-order valence-corrected chi connectivity index (χ4v) is 3.30. The molecule has 4 nitrogen and oxygen atoms in total. The van der Waals surface area contributed by atoms with E-state index in [9.17, 15) is 13.5 Å². The molecule has 0 saturated carbocycles. The predicted octanol–water partition coefficient (Wildman–Crippen LogP) is 0.658. The Morgan fingerprint density at radius 3 is 2.31 bits per heavy atom. The van der Waals surface area contributed by atoms with Crippen molar-refractivity contribution in [2.75, 3.05) is 31.1 Å². The Bertz CT molecular complexity index is 301. The number of rotatable bonds is 5. The normalized spacial score (nSPS) is 22.2. The molecule has 0 aromatic heterocycles. The van der Waals surface area contributed by atoms with Crippen LogP contribution in [0.2, 0.25) is 0 Å². The van der Waals surface area contributed by atoms with Crippen molar-refractivity contribution in [2.24, 2.45) is 0 Å². The van der Waals surface area contributed by atoms with Crippen molar-refractivity contribution in [3.05, 3.63) is 0 Å². The van der Waals surface area contributed by atoms with Gasteiger partial charge < -0.3 is 10.0 Å². The molecule has 0 unspecified atom stereocenters. The Morgan fingerprint density at radius 2 is 1.81 bits per heavy atom. The molecule has 0 spiro atoms. The van der Waals surface area contributed by atoms with Gasteiger partial charge in [-0.25, -0.2) is 8.42 Å². The minimum atomic E-state index is -2.86. The van der Waals surface area contributed by atoms with E-state index in [2.05, 4.69) is 4.90 Å². The first kappa shape index (κ1) is 13.9. The third-order valence-corrected chi connectivity index (χ3v) is 5.00. The quantitative estimate of drug-likeness (QED) is 0.777. The van der Waals surface area contributed by atoms with Crippen molar-refractivity contribution in [1.29, 1.82) is 0 Å². The summed E-state index contributed by atoms with van der Waals surface area (Å²) in [5, 5.41) is 9.76. The third-order valence-electron chi connectivity index (χ3n) is 3.17. The van der Waals surface area contributed by atoms with Gasteiger partial charge >= 0.3 is 0 Å². The number of aliphatic hydroxyl groups is 1. The van der Waals surface area contributed by atoms with Crippen LogP contribution in [0.1, 0.15) is 33.1 Å². The van der Waals surface area contributed by atoms with Gasteiger partial charge in [0.25, 0.3) is 0 Å². The van der Waals surface area contributed by atoms with Gasteiger partial charge in [0.2, 0.25) is 0 Å². The second-order valence-electron chi connectivity index (χ2n) is 4.99. The average molecular weight is 249 g/mol. The lowest BCUT2D eigenvalue weighted by atomic mass is 9.94. The molecule has 1 rings (SSSR count). The van der Waals surface area contributed by atoms with Gasteiger partial charge in [-0.1, -0.05) is 6.92 Å². The number of likely N-dealkylation sites (tertiary alicyclic amines) is 1. The van der Waals surface area contributed by atoms with Gasteiger partial charge in [-0.3, -0.25) is 0 Å². The highest BCUT2D eigenvalue weighted by Crippen LogP contribution is 2.20. The van der Waals surface area contributed by atoms with Gasteiger partial charge in [-0.15, -0.1) is 0 Å². The molecule has 16 heavy (non-hydrogen) atoms. The number of sulfone groups is 1. The minimum absolute atomic E-state index is 0.253. The van der Waals surface area contributed by atoms with Crippen molar-refractivity contribution in [2.45, 2.75) is 38.7 Å². The minimum Gasteiger partial charge on any atom is -0.390 e. The largest absolute Gasteiger partial charge is 0.390 e. The van der Waals surface area contributed by atoms with E-state index in [1.54, 1.807) is 0 Å². The highest BCUT2D eigenvalue weighted by atomic mass is 32.2. The maximum Gasteiger partial charge on any atom is 0.151 e. The molecule has 0 atom stereocenters. The summed E-state index contributed by atoms with van der Waals surface area (Å²) in [7, 11) is -2.86. The monoisotopic (exact) mass is 249 g/mol. The standard InChI is InChI=1S/C11H23NO3S/c1-3-9-16(14,15)10-8-12-6-4-11(2,13)5-7-12/h13H,3-10H2,1-2H3. The average Bonchev–Trinajstić information content (AvgIpc) is 2.16. The van der Waals surface area contributed by atoms with E-state index in [1.807, 2.05) is 13.8 Å². The van der Waals surface area contributed by atoms with Crippen LogP contribution in [0.3, 0.4) is 0 Å². The van der Waals surface area contributed by atoms with Crippen molar-refractivity contribution >= 4 is 9.84 Å².